The highest BCUT2D eigenvalue weighted by Crippen LogP contribution is 2.43. The van der Waals surface area contributed by atoms with Crippen molar-refractivity contribution in [1.82, 2.24) is 4.98 Å². The van der Waals surface area contributed by atoms with Crippen molar-refractivity contribution < 1.29 is 9.59 Å². The molecule has 2 N–H and O–H groups in total. The average Bonchev–Trinajstić information content (AvgIpc) is 3.39. The molecule has 3 amide bonds. The fraction of sp³-hybridized carbons (Fsp3) is 0.192. The molecule has 6 nitrogen and oxygen atoms in total. The van der Waals surface area contributed by atoms with Gasteiger partial charge in [0.05, 0.1) is 22.2 Å². The van der Waals surface area contributed by atoms with Crippen LogP contribution in [0, 0.1) is 0 Å². The Bertz CT molecular complexity index is 1280. The molecule has 3 unspecified atom stereocenters. The summed E-state index contributed by atoms with van der Waals surface area (Å²) in [6, 6.07) is 15.4. The number of allylic oxidation sites excluding steroid dienone is 2. The first-order chi connectivity index (χ1) is 17.1. The standard InChI is InChI=1S/C26H24N4O2S3/c1-2-21(24(31)29-25-27-14-15-33-25)34-18-9-7-8-17(16-18)28-26(32)30-19-10-3-5-12-22(19)35-23-13-6-4-11-20(23)30/h3-16,19,21-22H,2H2,1H3,(H,28,32)(H,27,29,31). The van der Waals surface area contributed by atoms with Gasteiger partial charge in [-0.25, -0.2) is 9.78 Å². The highest BCUT2D eigenvalue weighted by molar-refractivity contribution is 8.00. The average molecular weight is 521 g/mol. The zero-order valence-corrected chi connectivity index (χ0v) is 21.4. The van der Waals surface area contributed by atoms with Crippen LogP contribution in [0.1, 0.15) is 13.3 Å². The van der Waals surface area contributed by atoms with Crippen molar-refractivity contribution in [3.05, 3.63) is 84.4 Å². The van der Waals surface area contributed by atoms with Crippen molar-refractivity contribution >= 4 is 63.3 Å². The highest BCUT2D eigenvalue weighted by Gasteiger charge is 2.36. The van der Waals surface area contributed by atoms with E-state index in [-0.39, 0.29) is 28.5 Å². The fourth-order valence-electron chi connectivity index (χ4n) is 4.01. The first kappa shape index (κ1) is 23.7. The van der Waals surface area contributed by atoms with Crippen LogP contribution in [0.15, 0.2) is 94.2 Å². The van der Waals surface area contributed by atoms with Crippen LogP contribution in [0.4, 0.5) is 21.3 Å². The molecule has 1 aliphatic carbocycles. The third-order valence-corrected chi connectivity index (χ3v) is 9.00. The zero-order valence-electron chi connectivity index (χ0n) is 19.0. The Hall–Kier alpha value is -3.01. The van der Waals surface area contributed by atoms with E-state index in [1.54, 1.807) is 18.0 Å². The van der Waals surface area contributed by atoms with Gasteiger partial charge >= 0.3 is 6.03 Å². The smallest absolute Gasteiger partial charge is 0.307 e. The number of aromatic nitrogens is 1. The molecule has 0 bridgehead atoms. The topological polar surface area (TPSA) is 74.3 Å². The summed E-state index contributed by atoms with van der Waals surface area (Å²) < 4.78 is 0. The summed E-state index contributed by atoms with van der Waals surface area (Å²) in [4.78, 5) is 34.2. The molecule has 35 heavy (non-hydrogen) atoms. The number of nitrogens with zero attached hydrogens (tertiary/aromatic N) is 2. The lowest BCUT2D eigenvalue weighted by Crippen LogP contribution is -2.49. The van der Waals surface area contributed by atoms with E-state index in [0.29, 0.717) is 17.2 Å². The van der Waals surface area contributed by atoms with Crippen molar-refractivity contribution in [3.63, 3.8) is 0 Å². The normalized spacial score (nSPS) is 18.9. The number of hydrogen-bond acceptors (Lipinski definition) is 6. The van der Waals surface area contributed by atoms with Gasteiger partial charge in [-0.15, -0.1) is 34.9 Å². The number of benzene rings is 2. The summed E-state index contributed by atoms with van der Waals surface area (Å²) in [7, 11) is 0. The number of para-hydroxylation sites is 1. The van der Waals surface area contributed by atoms with Gasteiger partial charge in [0.25, 0.3) is 0 Å². The Morgan fingerprint density at radius 2 is 1.97 bits per heavy atom. The first-order valence-electron chi connectivity index (χ1n) is 11.3. The zero-order chi connectivity index (χ0) is 24.2. The molecule has 2 heterocycles. The molecule has 0 saturated heterocycles. The predicted molar refractivity (Wildman–Crippen MR) is 147 cm³/mol. The van der Waals surface area contributed by atoms with E-state index < -0.39 is 0 Å². The van der Waals surface area contributed by atoms with Gasteiger partial charge in [0.1, 0.15) is 0 Å². The quantitative estimate of drug-likeness (QED) is 0.356. The van der Waals surface area contributed by atoms with Crippen molar-refractivity contribution in [3.8, 4) is 0 Å². The Kier molecular flexibility index (Phi) is 7.26. The Labute approximate surface area is 216 Å². The maximum Gasteiger partial charge on any atom is 0.326 e. The number of hydrogen-bond donors (Lipinski definition) is 2. The molecule has 178 valence electrons. The fourth-order valence-corrected chi connectivity index (χ4v) is 6.82. The van der Waals surface area contributed by atoms with Crippen LogP contribution in [-0.4, -0.2) is 33.5 Å². The van der Waals surface area contributed by atoms with Crippen LogP contribution >= 0.6 is 34.9 Å². The number of anilines is 3. The first-order valence-corrected chi connectivity index (χ1v) is 13.9. The molecule has 2 aromatic carbocycles. The van der Waals surface area contributed by atoms with E-state index in [0.717, 1.165) is 15.5 Å². The van der Waals surface area contributed by atoms with Gasteiger partial charge in [-0.05, 0) is 36.8 Å². The number of nitrogens with one attached hydrogen (secondary N) is 2. The Balaban J connectivity index is 1.32. The van der Waals surface area contributed by atoms with Crippen LogP contribution in [0.25, 0.3) is 0 Å². The number of carbonyl (C=O) groups is 2. The molecular formula is C26H24N4O2S3. The van der Waals surface area contributed by atoms with E-state index in [9.17, 15) is 9.59 Å². The number of rotatable bonds is 6. The maximum absolute atomic E-state index is 13.5. The van der Waals surface area contributed by atoms with E-state index >= 15 is 0 Å². The van der Waals surface area contributed by atoms with E-state index in [1.165, 1.54) is 23.1 Å². The summed E-state index contributed by atoms with van der Waals surface area (Å²) in [6.07, 6.45) is 10.6. The highest BCUT2D eigenvalue weighted by atomic mass is 32.2. The van der Waals surface area contributed by atoms with Crippen LogP contribution in [0.5, 0.6) is 0 Å². The van der Waals surface area contributed by atoms with Gasteiger partial charge in [0, 0.05) is 27.1 Å². The number of carbonyl (C=O) groups excluding carboxylic acids is 2. The number of thioether (sulfide) groups is 2. The summed E-state index contributed by atoms with van der Waals surface area (Å²) in [5, 5.41) is 8.29. The van der Waals surface area contributed by atoms with Gasteiger partial charge in [-0.2, -0.15) is 0 Å². The number of thiazole rings is 1. The third-order valence-electron chi connectivity index (χ3n) is 5.65. The molecule has 0 radical (unpaired) electrons. The van der Waals surface area contributed by atoms with Crippen molar-refractivity contribution in [2.75, 3.05) is 15.5 Å². The number of amides is 3. The van der Waals surface area contributed by atoms with Gasteiger partial charge < -0.3 is 10.6 Å². The molecule has 3 atom stereocenters. The molecular weight excluding hydrogens is 497 g/mol. The van der Waals surface area contributed by atoms with Crippen LogP contribution in [0.2, 0.25) is 0 Å². The molecule has 0 saturated carbocycles. The second-order valence-corrected chi connectivity index (χ2v) is 11.4. The minimum Gasteiger partial charge on any atom is -0.307 e. The lowest BCUT2D eigenvalue weighted by molar-refractivity contribution is -0.115. The van der Waals surface area contributed by atoms with E-state index in [1.807, 2.05) is 71.8 Å². The van der Waals surface area contributed by atoms with Gasteiger partial charge in [-0.3, -0.25) is 9.69 Å². The molecule has 2 aliphatic rings. The van der Waals surface area contributed by atoms with E-state index in [4.69, 9.17) is 0 Å². The third kappa shape index (κ3) is 5.32. The van der Waals surface area contributed by atoms with Crippen LogP contribution in [0.3, 0.4) is 0 Å². The van der Waals surface area contributed by atoms with Crippen LogP contribution < -0.4 is 15.5 Å². The molecule has 9 heteroatoms. The minimum atomic E-state index is -0.268. The van der Waals surface area contributed by atoms with Crippen LogP contribution in [-0.2, 0) is 4.79 Å². The molecule has 3 aromatic rings. The summed E-state index contributed by atoms with van der Waals surface area (Å²) in [5.41, 5.74) is 1.60. The van der Waals surface area contributed by atoms with Crippen molar-refractivity contribution in [1.29, 1.82) is 0 Å². The van der Waals surface area contributed by atoms with Gasteiger partial charge in [0.15, 0.2) is 5.13 Å². The number of fused-ring (bicyclic) bond motifs is 2. The number of urea groups is 1. The van der Waals surface area contributed by atoms with Gasteiger partial charge in [-0.1, -0.05) is 49.4 Å². The second kappa shape index (κ2) is 10.7. The SMILES string of the molecule is CCC(Sc1cccc(NC(=O)N2c3ccccc3SC3C=CC=CC32)c1)C(=O)Nc1nccs1. The molecule has 0 spiro atoms. The summed E-state index contributed by atoms with van der Waals surface area (Å²) in [5.74, 6) is -0.0764. The van der Waals surface area contributed by atoms with E-state index in [2.05, 4.69) is 33.8 Å². The Morgan fingerprint density at radius 3 is 2.80 bits per heavy atom. The van der Waals surface area contributed by atoms with Crippen molar-refractivity contribution in [2.24, 2.45) is 0 Å². The lowest BCUT2D eigenvalue weighted by atomic mass is 10.1. The largest absolute Gasteiger partial charge is 0.326 e. The molecule has 0 fully saturated rings. The molecule has 1 aromatic heterocycles. The van der Waals surface area contributed by atoms with Crippen molar-refractivity contribution in [2.45, 2.75) is 39.7 Å². The Morgan fingerprint density at radius 1 is 1.11 bits per heavy atom. The monoisotopic (exact) mass is 520 g/mol. The lowest BCUT2D eigenvalue weighted by Gasteiger charge is -2.40. The maximum atomic E-state index is 13.5. The second-order valence-electron chi connectivity index (χ2n) is 7.98. The van der Waals surface area contributed by atoms with Gasteiger partial charge in [0.2, 0.25) is 5.91 Å². The predicted octanol–water partition coefficient (Wildman–Crippen LogP) is 6.66. The minimum absolute atomic E-state index is 0.0588. The summed E-state index contributed by atoms with van der Waals surface area (Å²) in [6.45, 7) is 1.99. The molecule has 5 rings (SSSR count). The summed E-state index contributed by atoms with van der Waals surface area (Å²) >= 11 is 4.65. The molecule has 1 aliphatic heterocycles.